The zero-order chi connectivity index (χ0) is 6.81. The first-order valence-corrected chi connectivity index (χ1v) is 3.34. The average molecular weight is 139 g/mol. The summed E-state index contributed by atoms with van der Waals surface area (Å²) >= 11 is 0. The minimum Gasteiger partial charge on any atom is -0.372 e. The van der Waals surface area contributed by atoms with Gasteiger partial charge in [-0.15, -0.1) is 0 Å². The lowest BCUT2D eigenvalue weighted by atomic mass is 10.4. The topological polar surface area (TPSA) is 37.2 Å². The predicted octanol–water partition coefficient (Wildman–Crippen LogP) is -0.283. The summed E-state index contributed by atoms with van der Waals surface area (Å²) in [7, 11) is 0. The highest BCUT2D eigenvalue weighted by molar-refractivity contribution is 5.94. The van der Waals surface area contributed by atoms with Crippen molar-refractivity contribution >= 4 is 12.2 Å². The Morgan fingerprint density at radius 1 is 1.60 bits per heavy atom. The number of hydrogen-bond donors (Lipinski definition) is 0. The van der Waals surface area contributed by atoms with Crippen LogP contribution in [-0.4, -0.2) is 43.5 Å². The molecule has 2 aliphatic rings. The highest BCUT2D eigenvalue weighted by atomic mass is 16.5. The molecule has 0 saturated carbocycles. The van der Waals surface area contributed by atoms with Gasteiger partial charge in [0.15, 0.2) is 0 Å². The molecule has 0 amide bonds. The third-order valence-corrected chi connectivity index (χ3v) is 1.60. The van der Waals surface area contributed by atoms with E-state index in [1.54, 1.807) is 0 Å². The molecule has 1 saturated heterocycles. The Balaban J connectivity index is 2.13. The predicted molar refractivity (Wildman–Crippen MR) is 38.3 cm³/mol. The highest BCUT2D eigenvalue weighted by Gasteiger charge is 2.15. The number of aliphatic imine (C=N–C) groups is 2. The summed E-state index contributed by atoms with van der Waals surface area (Å²) in [4.78, 5) is 10.2. The van der Waals surface area contributed by atoms with Crippen LogP contribution in [0.1, 0.15) is 0 Å². The van der Waals surface area contributed by atoms with Gasteiger partial charge in [0.2, 0.25) is 0 Å². The van der Waals surface area contributed by atoms with Gasteiger partial charge in [-0.2, -0.15) is 0 Å². The molecule has 0 aromatic rings. The SMILES string of the molecule is C1=NCN=C2COCCN12. The van der Waals surface area contributed by atoms with Crippen molar-refractivity contribution in [3.05, 3.63) is 0 Å². The molecular formula is C6H9N3O. The lowest BCUT2D eigenvalue weighted by Gasteiger charge is -2.27. The second-order valence-corrected chi connectivity index (χ2v) is 2.26. The van der Waals surface area contributed by atoms with E-state index >= 15 is 0 Å². The summed E-state index contributed by atoms with van der Waals surface area (Å²) in [6.07, 6.45) is 1.84. The molecule has 4 heteroatoms. The molecule has 0 bridgehead atoms. The van der Waals surface area contributed by atoms with Crippen molar-refractivity contribution in [3.63, 3.8) is 0 Å². The molecular weight excluding hydrogens is 130 g/mol. The van der Waals surface area contributed by atoms with E-state index in [0.717, 1.165) is 19.0 Å². The van der Waals surface area contributed by atoms with Gasteiger partial charge in [-0.3, -0.25) is 4.99 Å². The molecule has 0 aromatic heterocycles. The van der Waals surface area contributed by atoms with E-state index in [1.807, 2.05) is 11.2 Å². The maximum absolute atomic E-state index is 5.20. The number of rotatable bonds is 0. The Labute approximate surface area is 59.2 Å². The number of amidine groups is 1. The van der Waals surface area contributed by atoms with E-state index in [-0.39, 0.29) is 0 Å². The van der Waals surface area contributed by atoms with Crippen molar-refractivity contribution in [2.24, 2.45) is 9.98 Å². The third-order valence-electron chi connectivity index (χ3n) is 1.60. The van der Waals surface area contributed by atoms with Crippen LogP contribution in [0.25, 0.3) is 0 Å². The van der Waals surface area contributed by atoms with Crippen LogP contribution in [0.2, 0.25) is 0 Å². The second kappa shape index (κ2) is 2.38. The second-order valence-electron chi connectivity index (χ2n) is 2.26. The van der Waals surface area contributed by atoms with Crippen LogP contribution in [0, 0.1) is 0 Å². The van der Waals surface area contributed by atoms with Gasteiger partial charge in [-0.1, -0.05) is 0 Å². The number of hydrogen-bond acceptors (Lipinski definition) is 4. The first-order valence-electron chi connectivity index (χ1n) is 3.34. The normalized spacial score (nSPS) is 24.0. The number of morpholine rings is 1. The molecule has 2 rings (SSSR count). The largest absolute Gasteiger partial charge is 0.372 e. The van der Waals surface area contributed by atoms with E-state index < -0.39 is 0 Å². The fourth-order valence-corrected chi connectivity index (χ4v) is 1.06. The molecule has 54 valence electrons. The Morgan fingerprint density at radius 2 is 2.60 bits per heavy atom. The molecule has 2 aliphatic heterocycles. The summed E-state index contributed by atoms with van der Waals surface area (Å²) in [5, 5.41) is 0. The van der Waals surface area contributed by atoms with Gasteiger partial charge in [0.25, 0.3) is 0 Å². The van der Waals surface area contributed by atoms with Crippen LogP contribution in [-0.2, 0) is 4.74 Å². The van der Waals surface area contributed by atoms with E-state index in [0.29, 0.717) is 13.3 Å². The Morgan fingerprint density at radius 3 is 3.50 bits per heavy atom. The number of nitrogens with zero attached hydrogens (tertiary/aromatic N) is 3. The highest BCUT2D eigenvalue weighted by Crippen LogP contribution is 2.01. The average Bonchev–Trinajstić information content (AvgIpc) is 2.05. The van der Waals surface area contributed by atoms with Gasteiger partial charge in [0.1, 0.15) is 19.1 Å². The molecule has 0 atom stereocenters. The van der Waals surface area contributed by atoms with Crippen LogP contribution < -0.4 is 0 Å². The van der Waals surface area contributed by atoms with Gasteiger partial charge < -0.3 is 9.64 Å². The molecule has 0 unspecified atom stereocenters. The van der Waals surface area contributed by atoms with E-state index in [4.69, 9.17) is 4.74 Å². The monoisotopic (exact) mass is 139 g/mol. The molecule has 0 spiro atoms. The summed E-state index contributed by atoms with van der Waals surface area (Å²) in [5.41, 5.74) is 0. The molecule has 1 fully saturated rings. The van der Waals surface area contributed by atoms with Crippen LogP contribution in [0.5, 0.6) is 0 Å². The first kappa shape index (κ1) is 5.85. The van der Waals surface area contributed by atoms with E-state index in [2.05, 4.69) is 9.98 Å². The van der Waals surface area contributed by atoms with Crippen molar-refractivity contribution in [2.75, 3.05) is 26.4 Å². The van der Waals surface area contributed by atoms with Gasteiger partial charge >= 0.3 is 0 Å². The third kappa shape index (κ3) is 0.903. The van der Waals surface area contributed by atoms with Crippen molar-refractivity contribution in [2.45, 2.75) is 0 Å². The van der Waals surface area contributed by atoms with Gasteiger partial charge in [0, 0.05) is 6.54 Å². The van der Waals surface area contributed by atoms with Gasteiger partial charge in [0.05, 0.1) is 12.9 Å². The quantitative estimate of drug-likeness (QED) is 0.462. The van der Waals surface area contributed by atoms with E-state index in [9.17, 15) is 0 Å². The minimum atomic E-state index is 0.565. The van der Waals surface area contributed by atoms with Crippen molar-refractivity contribution in [1.29, 1.82) is 0 Å². The smallest absolute Gasteiger partial charge is 0.133 e. The summed E-state index contributed by atoms with van der Waals surface area (Å²) in [6, 6.07) is 0. The van der Waals surface area contributed by atoms with Crippen molar-refractivity contribution < 1.29 is 4.74 Å². The lowest BCUT2D eigenvalue weighted by molar-refractivity contribution is 0.135. The molecule has 0 N–H and O–H groups in total. The standard InChI is InChI=1S/C6H9N3O/c1-2-10-3-6-8-4-7-5-9(1)6/h5H,1-4H2. The molecule has 0 aromatic carbocycles. The maximum Gasteiger partial charge on any atom is 0.133 e. The van der Waals surface area contributed by atoms with Crippen LogP contribution in [0.3, 0.4) is 0 Å². The molecule has 4 nitrogen and oxygen atoms in total. The minimum absolute atomic E-state index is 0.565. The van der Waals surface area contributed by atoms with Gasteiger partial charge in [-0.05, 0) is 0 Å². The van der Waals surface area contributed by atoms with Crippen LogP contribution >= 0.6 is 0 Å². The fraction of sp³-hybridized carbons (Fsp3) is 0.667. The van der Waals surface area contributed by atoms with E-state index in [1.165, 1.54) is 0 Å². The number of fused-ring (bicyclic) bond motifs is 1. The van der Waals surface area contributed by atoms with Crippen molar-refractivity contribution in [1.82, 2.24) is 4.90 Å². The summed E-state index contributed by atoms with van der Waals surface area (Å²) in [6.45, 7) is 2.88. The molecule has 0 radical (unpaired) electrons. The fourth-order valence-electron chi connectivity index (χ4n) is 1.06. The number of ether oxygens (including phenoxy) is 1. The lowest BCUT2D eigenvalue weighted by Crippen LogP contribution is -2.42. The summed E-state index contributed by atoms with van der Waals surface area (Å²) in [5.74, 6) is 1.02. The Kier molecular flexibility index (Phi) is 1.39. The molecule has 0 aliphatic carbocycles. The Hall–Kier alpha value is -0.900. The van der Waals surface area contributed by atoms with Gasteiger partial charge in [-0.25, -0.2) is 4.99 Å². The zero-order valence-corrected chi connectivity index (χ0v) is 5.66. The molecule has 2 heterocycles. The zero-order valence-electron chi connectivity index (χ0n) is 5.66. The van der Waals surface area contributed by atoms with Crippen molar-refractivity contribution in [3.8, 4) is 0 Å². The molecule has 10 heavy (non-hydrogen) atoms. The first-order chi connectivity index (χ1) is 4.97. The van der Waals surface area contributed by atoms with Crippen LogP contribution in [0.15, 0.2) is 9.98 Å². The van der Waals surface area contributed by atoms with Crippen LogP contribution in [0.4, 0.5) is 0 Å². The maximum atomic E-state index is 5.20. The summed E-state index contributed by atoms with van der Waals surface area (Å²) < 4.78 is 5.20. The Bertz CT molecular complexity index is 187.